The molecule has 0 amide bonds. The summed E-state index contributed by atoms with van der Waals surface area (Å²) in [5.74, 6) is 1.80. The number of nitrogens with one attached hydrogen (secondary N) is 1. The molecule has 0 atom stereocenters. The van der Waals surface area contributed by atoms with Crippen LogP contribution in [0.2, 0.25) is 0 Å². The molecule has 0 saturated heterocycles. The number of para-hydroxylation sites is 1. The number of benzene rings is 1. The minimum atomic E-state index is -0.523. The van der Waals surface area contributed by atoms with Crippen LogP contribution in [0.25, 0.3) is 6.08 Å². The number of terminal acetylenes is 1. The third kappa shape index (κ3) is 4.31. The summed E-state index contributed by atoms with van der Waals surface area (Å²) >= 11 is 0. The second kappa shape index (κ2) is 9.25. The minimum Gasteiger partial charge on any atom is -0.480 e. The number of ether oxygens (including phenoxy) is 2. The van der Waals surface area contributed by atoms with E-state index in [0.29, 0.717) is 28.1 Å². The Kier molecular flexibility index (Phi) is 6.79. The highest BCUT2D eigenvalue weighted by atomic mass is 16.5. The lowest BCUT2D eigenvalue weighted by Gasteiger charge is -2.07. The maximum Gasteiger partial charge on any atom is 0.340 e. The number of aromatic nitrogens is 1. The van der Waals surface area contributed by atoms with Gasteiger partial charge in [0.15, 0.2) is 0 Å². The minimum absolute atomic E-state index is 0.0680. The quantitative estimate of drug-likeness (QED) is 0.262. The molecule has 0 aliphatic heterocycles. The summed E-state index contributed by atoms with van der Waals surface area (Å²) in [7, 11) is 0. The van der Waals surface area contributed by atoms with Crippen molar-refractivity contribution in [1.82, 2.24) is 4.98 Å². The van der Waals surface area contributed by atoms with E-state index in [1.165, 1.54) is 6.08 Å². The molecule has 1 heterocycles. The summed E-state index contributed by atoms with van der Waals surface area (Å²) < 4.78 is 10.5. The van der Waals surface area contributed by atoms with Gasteiger partial charge in [-0.25, -0.2) is 4.79 Å². The van der Waals surface area contributed by atoms with Gasteiger partial charge in [-0.2, -0.15) is 5.26 Å². The van der Waals surface area contributed by atoms with Crippen LogP contribution in [0.5, 0.6) is 5.75 Å². The van der Waals surface area contributed by atoms with Crippen molar-refractivity contribution in [2.75, 3.05) is 13.2 Å². The lowest BCUT2D eigenvalue weighted by Crippen LogP contribution is -2.08. The number of rotatable bonds is 7. The zero-order chi connectivity index (χ0) is 20.7. The highest BCUT2D eigenvalue weighted by Crippen LogP contribution is 2.25. The molecular weight excluding hydrogens is 356 g/mol. The normalized spacial score (nSPS) is 10.7. The van der Waals surface area contributed by atoms with Crippen molar-refractivity contribution >= 4 is 17.8 Å². The smallest absolute Gasteiger partial charge is 0.340 e. The number of nitrogens with zero attached hydrogens (tertiary/aromatic N) is 1. The van der Waals surface area contributed by atoms with E-state index < -0.39 is 11.8 Å². The molecule has 0 spiro atoms. The van der Waals surface area contributed by atoms with Gasteiger partial charge in [0.05, 0.1) is 17.9 Å². The van der Waals surface area contributed by atoms with Gasteiger partial charge >= 0.3 is 5.97 Å². The molecule has 2 rings (SSSR count). The second-order valence-electron chi connectivity index (χ2n) is 5.88. The van der Waals surface area contributed by atoms with Gasteiger partial charge in [0.1, 0.15) is 24.0 Å². The van der Waals surface area contributed by atoms with Gasteiger partial charge in [0.25, 0.3) is 0 Å². The zero-order valence-electron chi connectivity index (χ0n) is 16.0. The van der Waals surface area contributed by atoms with Gasteiger partial charge in [0.2, 0.25) is 5.78 Å². The summed E-state index contributed by atoms with van der Waals surface area (Å²) in [6.07, 6.45) is 6.66. The first-order chi connectivity index (χ1) is 13.4. The topological polar surface area (TPSA) is 92.2 Å². The van der Waals surface area contributed by atoms with Crippen molar-refractivity contribution in [3.05, 3.63) is 57.9 Å². The van der Waals surface area contributed by atoms with Crippen LogP contribution in [0.1, 0.15) is 44.6 Å². The van der Waals surface area contributed by atoms with Crippen LogP contribution in [0, 0.1) is 37.5 Å². The monoisotopic (exact) mass is 376 g/mol. The Balaban J connectivity index is 2.45. The van der Waals surface area contributed by atoms with Crippen LogP contribution in [0.4, 0.5) is 0 Å². The van der Waals surface area contributed by atoms with E-state index in [9.17, 15) is 14.9 Å². The van der Waals surface area contributed by atoms with Crippen LogP contribution in [-0.4, -0.2) is 30.0 Å². The first-order valence-corrected chi connectivity index (χ1v) is 8.62. The summed E-state index contributed by atoms with van der Waals surface area (Å²) in [4.78, 5) is 28.0. The number of H-pyrrole nitrogens is 1. The number of Topliss-reactive ketones (excluding diaryl/α,β-unsaturated/α-hetero) is 1. The molecule has 1 aromatic carbocycles. The fourth-order valence-electron chi connectivity index (χ4n) is 2.78. The van der Waals surface area contributed by atoms with E-state index in [2.05, 4.69) is 10.9 Å². The first kappa shape index (κ1) is 20.5. The standard InChI is InChI=1S/C22H20N2O4/c1-5-11-28-18-10-8-7-9-16(18)12-17(13-23)21(25)20-14(3)19(15(4)24-20)22(26)27-6-2/h1,7-10,12,24H,6,11H2,2-4H3. The zero-order valence-corrected chi connectivity index (χ0v) is 16.0. The number of aromatic amines is 1. The summed E-state index contributed by atoms with van der Waals surface area (Å²) in [5, 5.41) is 9.53. The summed E-state index contributed by atoms with van der Waals surface area (Å²) in [6.45, 7) is 5.32. The number of nitriles is 1. The molecule has 0 saturated carbocycles. The van der Waals surface area contributed by atoms with Crippen LogP contribution in [-0.2, 0) is 4.74 Å². The number of carbonyl (C=O) groups is 2. The van der Waals surface area contributed by atoms with Crippen molar-refractivity contribution < 1.29 is 19.1 Å². The molecular formula is C22H20N2O4. The molecule has 0 aliphatic carbocycles. The first-order valence-electron chi connectivity index (χ1n) is 8.62. The van der Waals surface area contributed by atoms with E-state index in [4.69, 9.17) is 15.9 Å². The Labute approximate surface area is 163 Å². The fourth-order valence-corrected chi connectivity index (χ4v) is 2.78. The van der Waals surface area contributed by atoms with Gasteiger partial charge in [-0.3, -0.25) is 4.79 Å². The molecule has 0 unspecified atom stereocenters. The third-order valence-corrected chi connectivity index (χ3v) is 4.04. The second-order valence-corrected chi connectivity index (χ2v) is 5.88. The van der Waals surface area contributed by atoms with Gasteiger partial charge in [0, 0.05) is 11.3 Å². The van der Waals surface area contributed by atoms with Crippen molar-refractivity contribution in [3.63, 3.8) is 0 Å². The predicted molar refractivity (Wildman–Crippen MR) is 105 cm³/mol. The highest BCUT2D eigenvalue weighted by molar-refractivity contribution is 6.15. The third-order valence-electron chi connectivity index (χ3n) is 4.04. The van der Waals surface area contributed by atoms with Crippen LogP contribution in [0.15, 0.2) is 29.8 Å². The molecule has 1 aromatic heterocycles. The number of hydrogen-bond acceptors (Lipinski definition) is 5. The fraction of sp³-hybridized carbons (Fsp3) is 0.227. The summed E-state index contributed by atoms with van der Waals surface area (Å²) in [5.41, 5.74) is 1.88. The lowest BCUT2D eigenvalue weighted by molar-refractivity contribution is 0.0525. The van der Waals surface area contributed by atoms with E-state index in [1.54, 1.807) is 45.0 Å². The molecule has 0 radical (unpaired) electrons. The van der Waals surface area contributed by atoms with Crippen molar-refractivity contribution in [3.8, 4) is 24.2 Å². The molecule has 2 aromatic rings. The molecule has 1 N–H and O–H groups in total. The number of aryl methyl sites for hydroxylation is 1. The Morgan fingerprint density at radius 2 is 2.00 bits per heavy atom. The number of ketones is 1. The molecule has 0 bridgehead atoms. The molecule has 0 aliphatic rings. The molecule has 28 heavy (non-hydrogen) atoms. The molecule has 0 fully saturated rings. The average molecular weight is 376 g/mol. The Bertz CT molecular complexity index is 1020. The van der Waals surface area contributed by atoms with Crippen molar-refractivity contribution in [2.24, 2.45) is 0 Å². The Morgan fingerprint density at radius 3 is 2.64 bits per heavy atom. The molecule has 142 valence electrons. The number of esters is 1. The van der Waals surface area contributed by atoms with Crippen molar-refractivity contribution in [1.29, 1.82) is 5.26 Å². The van der Waals surface area contributed by atoms with E-state index >= 15 is 0 Å². The molecule has 6 nitrogen and oxygen atoms in total. The van der Waals surface area contributed by atoms with Crippen LogP contribution < -0.4 is 4.74 Å². The maximum atomic E-state index is 12.9. The van der Waals surface area contributed by atoms with E-state index in [-0.39, 0.29) is 24.5 Å². The lowest BCUT2D eigenvalue weighted by atomic mass is 10.0. The van der Waals surface area contributed by atoms with E-state index in [0.717, 1.165) is 0 Å². The van der Waals surface area contributed by atoms with E-state index in [1.807, 2.05) is 6.07 Å². The Morgan fingerprint density at radius 1 is 1.29 bits per heavy atom. The molecule has 6 heteroatoms. The highest BCUT2D eigenvalue weighted by Gasteiger charge is 2.24. The Hall–Kier alpha value is -3.77. The SMILES string of the molecule is C#CCOc1ccccc1C=C(C#N)C(=O)c1[nH]c(C)c(C(=O)OCC)c1C. The van der Waals surface area contributed by atoms with Crippen LogP contribution >= 0.6 is 0 Å². The van der Waals surface area contributed by atoms with Crippen molar-refractivity contribution in [2.45, 2.75) is 20.8 Å². The average Bonchev–Trinajstić information content (AvgIpc) is 2.99. The predicted octanol–water partition coefficient (Wildman–Crippen LogP) is 3.61. The van der Waals surface area contributed by atoms with Gasteiger partial charge in [-0.15, -0.1) is 6.42 Å². The number of allylic oxidation sites excluding steroid dienone is 1. The van der Waals surface area contributed by atoms with Gasteiger partial charge < -0.3 is 14.5 Å². The van der Waals surface area contributed by atoms with Crippen LogP contribution in [0.3, 0.4) is 0 Å². The number of hydrogen-bond donors (Lipinski definition) is 1. The van der Waals surface area contributed by atoms with Gasteiger partial charge in [-0.1, -0.05) is 24.1 Å². The maximum absolute atomic E-state index is 12.9. The number of carbonyl (C=O) groups excluding carboxylic acids is 2. The summed E-state index contributed by atoms with van der Waals surface area (Å²) in [6, 6.07) is 8.86. The largest absolute Gasteiger partial charge is 0.480 e. The van der Waals surface area contributed by atoms with Gasteiger partial charge in [-0.05, 0) is 38.5 Å².